The molecule has 5 rings (SSSR count). The summed E-state index contributed by atoms with van der Waals surface area (Å²) in [5.74, 6) is 5.22. The molecule has 0 aliphatic heterocycles. The van der Waals surface area contributed by atoms with E-state index >= 15 is 0 Å². The van der Waals surface area contributed by atoms with Gasteiger partial charge in [-0.2, -0.15) is 5.10 Å². The third-order valence-electron chi connectivity index (χ3n) is 6.79. The van der Waals surface area contributed by atoms with E-state index in [1.54, 1.807) is 67.6 Å². The van der Waals surface area contributed by atoms with Gasteiger partial charge in [0.25, 0.3) is 11.5 Å². The summed E-state index contributed by atoms with van der Waals surface area (Å²) >= 11 is 0. The van der Waals surface area contributed by atoms with Crippen molar-refractivity contribution >= 4 is 38.2 Å². The van der Waals surface area contributed by atoms with Crippen LogP contribution in [0.25, 0.3) is 16.4 Å². The summed E-state index contributed by atoms with van der Waals surface area (Å²) in [6.07, 6.45) is 6.53. The zero-order valence-electron chi connectivity index (χ0n) is 23.4. The van der Waals surface area contributed by atoms with Crippen LogP contribution in [0.2, 0.25) is 0 Å². The zero-order chi connectivity index (χ0) is 30.2. The van der Waals surface area contributed by atoms with E-state index in [1.165, 1.54) is 29.4 Å². The largest absolute Gasteiger partial charge is 0.381 e. The van der Waals surface area contributed by atoms with Gasteiger partial charge in [-0.15, -0.1) is 5.10 Å². The summed E-state index contributed by atoms with van der Waals surface area (Å²) in [6, 6.07) is 8.00. The maximum absolute atomic E-state index is 14.0. The van der Waals surface area contributed by atoms with Crippen LogP contribution in [0.1, 0.15) is 40.1 Å². The van der Waals surface area contributed by atoms with Gasteiger partial charge < -0.3 is 15.6 Å². The molecule has 216 valence electrons. The number of nitrogens with one attached hydrogen (secondary N) is 1. The van der Waals surface area contributed by atoms with Crippen molar-refractivity contribution in [1.82, 2.24) is 38.6 Å². The predicted molar refractivity (Wildman–Crippen MR) is 158 cm³/mol. The second-order valence-corrected chi connectivity index (χ2v) is 12.2. The molecule has 0 aliphatic rings. The Balaban J connectivity index is 1.60. The van der Waals surface area contributed by atoms with E-state index in [-0.39, 0.29) is 29.3 Å². The third-order valence-corrected chi connectivity index (χ3v) is 8.60. The molecule has 1 atom stereocenters. The standard InChI is InChI=1S/C28H29N9O4S/c1-18(32-27(38)24-25(29)33-37-12-6-11-30-26(24)37)22-15-21-8-5-7-20(10-9-19-16-31-35(4)17-19)23(21)28(39)36(22)13-14-42(40,41)34(2)3/h5-8,11-12,15-18H,13-14H2,1-4H3,(H2,29,33)(H,32,38). The number of benzene rings is 1. The van der Waals surface area contributed by atoms with Crippen LogP contribution in [0.5, 0.6) is 0 Å². The zero-order valence-corrected chi connectivity index (χ0v) is 24.3. The molecule has 13 nitrogen and oxygen atoms in total. The number of anilines is 1. The molecule has 1 aromatic carbocycles. The highest BCUT2D eigenvalue weighted by atomic mass is 32.2. The Morgan fingerprint density at radius 1 is 1.21 bits per heavy atom. The number of carbonyl (C=O) groups excluding carboxylic acids is 1. The lowest BCUT2D eigenvalue weighted by Gasteiger charge is -2.22. The molecule has 0 saturated heterocycles. The van der Waals surface area contributed by atoms with Crippen LogP contribution in [-0.2, 0) is 23.6 Å². The fourth-order valence-corrected chi connectivity index (χ4v) is 5.37. The number of nitrogens with two attached hydrogens (primary N) is 1. The van der Waals surface area contributed by atoms with E-state index in [1.807, 2.05) is 0 Å². The third kappa shape index (κ3) is 5.47. The number of nitrogens with zero attached hydrogens (tertiary/aromatic N) is 7. The molecular formula is C28H29N9O4S. The summed E-state index contributed by atoms with van der Waals surface area (Å²) in [7, 11) is 1.01. The number of nitrogen functional groups attached to an aromatic ring is 1. The van der Waals surface area contributed by atoms with Gasteiger partial charge in [0.05, 0.1) is 28.9 Å². The average Bonchev–Trinajstić information content (AvgIpc) is 3.52. The molecule has 4 heterocycles. The molecular weight excluding hydrogens is 558 g/mol. The van der Waals surface area contributed by atoms with Gasteiger partial charge in [-0.25, -0.2) is 22.2 Å². The number of rotatable bonds is 7. The van der Waals surface area contributed by atoms with E-state index < -0.39 is 27.5 Å². The van der Waals surface area contributed by atoms with Crippen molar-refractivity contribution in [2.24, 2.45) is 7.05 Å². The molecule has 4 aromatic heterocycles. The molecule has 0 bridgehead atoms. The van der Waals surface area contributed by atoms with Crippen molar-refractivity contribution in [2.45, 2.75) is 19.5 Å². The van der Waals surface area contributed by atoms with Crippen molar-refractivity contribution < 1.29 is 13.2 Å². The van der Waals surface area contributed by atoms with Gasteiger partial charge in [0.15, 0.2) is 11.5 Å². The lowest BCUT2D eigenvalue weighted by Crippen LogP contribution is -2.35. The molecule has 14 heteroatoms. The summed E-state index contributed by atoms with van der Waals surface area (Å²) in [4.78, 5) is 31.6. The number of hydrogen-bond acceptors (Lipinski definition) is 8. The number of fused-ring (bicyclic) bond motifs is 2. The van der Waals surface area contributed by atoms with Crippen molar-refractivity contribution in [2.75, 3.05) is 25.6 Å². The van der Waals surface area contributed by atoms with Crippen LogP contribution in [0, 0.1) is 11.8 Å². The molecule has 3 N–H and O–H groups in total. The fourth-order valence-electron chi connectivity index (χ4n) is 4.59. The first-order valence-corrected chi connectivity index (χ1v) is 14.5. The topological polar surface area (TPSA) is 163 Å². The van der Waals surface area contributed by atoms with Crippen LogP contribution in [0.15, 0.2) is 59.9 Å². The second-order valence-electron chi connectivity index (χ2n) is 9.89. The summed E-state index contributed by atoms with van der Waals surface area (Å²) in [5, 5.41) is 12.1. The van der Waals surface area contributed by atoms with E-state index in [9.17, 15) is 18.0 Å². The van der Waals surface area contributed by atoms with Crippen molar-refractivity contribution in [3.05, 3.63) is 87.9 Å². The molecule has 0 aliphatic carbocycles. The van der Waals surface area contributed by atoms with E-state index in [0.717, 1.165) is 4.31 Å². The first-order valence-electron chi connectivity index (χ1n) is 12.9. The number of pyridine rings is 1. The molecule has 1 unspecified atom stereocenters. The van der Waals surface area contributed by atoms with Gasteiger partial charge in [-0.05, 0) is 30.5 Å². The molecule has 0 fully saturated rings. The first kappa shape index (κ1) is 28.5. The van der Waals surface area contributed by atoms with Gasteiger partial charge in [0, 0.05) is 57.5 Å². The highest BCUT2D eigenvalue weighted by molar-refractivity contribution is 7.89. The first-order chi connectivity index (χ1) is 20.0. The molecule has 1 amide bonds. The lowest BCUT2D eigenvalue weighted by atomic mass is 10.0. The molecule has 0 saturated carbocycles. The van der Waals surface area contributed by atoms with Gasteiger partial charge in [0.1, 0.15) is 5.56 Å². The number of hydrogen-bond donors (Lipinski definition) is 2. The van der Waals surface area contributed by atoms with Crippen LogP contribution in [0.4, 0.5) is 5.82 Å². The Bertz CT molecular complexity index is 2060. The maximum atomic E-state index is 14.0. The highest BCUT2D eigenvalue weighted by Gasteiger charge is 2.24. The van der Waals surface area contributed by atoms with Gasteiger partial charge in [0.2, 0.25) is 10.0 Å². The second kappa shape index (κ2) is 11.1. The SMILES string of the molecule is CC(NC(=O)c1c(N)nn2cccnc12)c1cc2cccc(C#Cc3cnn(C)c3)c2c(=O)n1CCS(=O)(=O)N(C)C. The molecule has 42 heavy (non-hydrogen) atoms. The Kier molecular flexibility index (Phi) is 7.55. The minimum absolute atomic E-state index is 0.00297. The van der Waals surface area contributed by atoms with Crippen molar-refractivity contribution in [3.8, 4) is 11.8 Å². The number of aryl methyl sites for hydroxylation is 1. The number of carbonyl (C=O) groups is 1. The van der Waals surface area contributed by atoms with Crippen molar-refractivity contribution in [3.63, 3.8) is 0 Å². The number of amides is 1. The normalized spacial score (nSPS) is 12.4. The minimum Gasteiger partial charge on any atom is -0.381 e. The van der Waals surface area contributed by atoms with Gasteiger partial charge >= 0.3 is 0 Å². The van der Waals surface area contributed by atoms with E-state index in [0.29, 0.717) is 27.6 Å². The lowest BCUT2D eigenvalue weighted by molar-refractivity contribution is 0.0940. The Morgan fingerprint density at radius 2 is 2.00 bits per heavy atom. The van der Waals surface area contributed by atoms with E-state index in [4.69, 9.17) is 5.73 Å². The minimum atomic E-state index is -3.64. The molecule has 0 spiro atoms. The van der Waals surface area contributed by atoms with Crippen LogP contribution >= 0.6 is 0 Å². The quantitative estimate of drug-likeness (QED) is 0.268. The molecule has 0 radical (unpaired) electrons. The summed E-state index contributed by atoms with van der Waals surface area (Å²) in [5.41, 5.74) is 7.57. The van der Waals surface area contributed by atoms with Crippen molar-refractivity contribution in [1.29, 1.82) is 0 Å². The van der Waals surface area contributed by atoms with Gasteiger partial charge in [-0.3, -0.25) is 14.3 Å². The predicted octanol–water partition coefficient (Wildman–Crippen LogP) is 1.14. The summed E-state index contributed by atoms with van der Waals surface area (Å²) in [6.45, 7) is 1.56. The number of aromatic nitrogens is 6. The van der Waals surface area contributed by atoms with Crippen LogP contribution in [-0.4, -0.2) is 67.4 Å². The van der Waals surface area contributed by atoms with Gasteiger partial charge in [-0.1, -0.05) is 24.0 Å². The average molecular weight is 588 g/mol. The molecule has 5 aromatic rings. The Labute approximate surface area is 241 Å². The Morgan fingerprint density at radius 3 is 2.71 bits per heavy atom. The van der Waals surface area contributed by atoms with E-state index in [2.05, 4.69) is 32.3 Å². The monoisotopic (exact) mass is 587 g/mol. The Hall–Kier alpha value is -5.00. The highest BCUT2D eigenvalue weighted by Crippen LogP contribution is 2.23. The fraction of sp³-hybridized carbons (Fsp3) is 0.250. The van der Waals surface area contributed by atoms with Crippen LogP contribution < -0.4 is 16.6 Å². The van der Waals surface area contributed by atoms with Crippen LogP contribution in [0.3, 0.4) is 0 Å². The summed E-state index contributed by atoms with van der Waals surface area (Å²) < 4.78 is 30.8. The number of sulfonamides is 1. The maximum Gasteiger partial charge on any atom is 0.259 e. The smallest absolute Gasteiger partial charge is 0.259 e.